The van der Waals surface area contributed by atoms with Gasteiger partial charge in [0.1, 0.15) is 0 Å². The van der Waals surface area contributed by atoms with Crippen LogP contribution in [-0.2, 0) is 0 Å². The van der Waals surface area contributed by atoms with Gasteiger partial charge < -0.3 is 10.8 Å². The van der Waals surface area contributed by atoms with Crippen molar-refractivity contribution >= 4 is 33.7 Å². The van der Waals surface area contributed by atoms with Crippen molar-refractivity contribution in [3.8, 4) is 0 Å². The molecule has 1 rings (SSSR count). The van der Waals surface area contributed by atoms with Gasteiger partial charge in [0.2, 0.25) is 0 Å². The lowest BCUT2D eigenvalue weighted by Gasteiger charge is -2.00. The Hall–Kier alpha value is -1.29. The summed E-state index contributed by atoms with van der Waals surface area (Å²) in [6.07, 6.45) is 3.69. The minimum absolute atomic E-state index is 0.208. The van der Waals surface area contributed by atoms with E-state index in [0.717, 1.165) is 10.9 Å². The van der Waals surface area contributed by atoms with Crippen LogP contribution in [0.3, 0.4) is 0 Å². The first kappa shape index (κ1) is 10.8. The van der Waals surface area contributed by atoms with Gasteiger partial charge in [-0.15, -0.1) is 0 Å². The number of nitrogens with two attached hydrogens (primary N) is 1. The van der Waals surface area contributed by atoms with Crippen molar-refractivity contribution < 1.29 is 9.90 Å². The number of hydrogen-bond acceptors (Lipinski definition) is 2. The molecule has 1 aromatic rings. The summed E-state index contributed by atoms with van der Waals surface area (Å²) in [6, 6.07) is 4.75. The molecule has 0 saturated carbocycles. The molecule has 0 aromatic heterocycles. The molecule has 4 heteroatoms. The lowest BCUT2D eigenvalue weighted by Crippen LogP contribution is -1.98. The van der Waals surface area contributed by atoms with Crippen LogP contribution in [0.15, 0.2) is 24.3 Å². The standard InChI is InChI=1S/C10H10BrNO2/c11-3-1-2-7-4-8(10(13)14)6-9(12)5-7/h1-2,4-6H,3,12H2,(H,13,14). The Kier molecular flexibility index (Phi) is 3.71. The van der Waals surface area contributed by atoms with Crippen molar-refractivity contribution in [1.82, 2.24) is 0 Å². The van der Waals surface area contributed by atoms with Gasteiger partial charge in [0.05, 0.1) is 5.56 Å². The quantitative estimate of drug-likeness (QED) is 0.644. The topological polar surface area (TPSA) is 63.3 Å². The fraction of sp³-hybridized carbons (Fsp3) is 0.100. The summed E-state index contributed by atoms with van der Waals surface area (Å²) >= 11 is 3.24. The first-order chi connectivity index (χ1) is 6.63. The maximum Gasteiger partial charge on any atom is 0.335 e. The minimum Gasteiger partial charge on any atom is -0.478 e. The molecular weight excluding hydrogens is 246 g/mol. The Bertz CT molecular complexity index is 374. The van der Waals surface area contributed by atoms with E-state index in [9.17, 15) is 4.79 Å². The highest BCUT2D eigenvalue weighted by Crippen LogP contribution is 2.13. The molecule has 0 atom stereocenters. The Morgan fingerprint density at radius 2 is 2.21 bits per heavy atom. The largest absolute Gasteiger partial charge is 0.478 e. The second-order valence-electron chi connectivity index (χ2n) is 2.75. The maximum absolute atomic E-state index is 10.7. The predicted molar refractivity (Wildman–Crippen MR) is 60.6 cm³/mol. The Morgan fingerprint density at radius 3 is 2.79 bits per heavy atom. The average molecular weight is 256 g/mol. The fourth-order valence-corrected chi connectivity index (χ4v) is 1.26. The molecule has 0 bridgehead atoms. The number of allylic oxidation sites excluding steroid dienone is 1. The molecule has 0 unspecified atom stereocenters. The molecule has 0 fully saturated rings. The third kappa shape index (κ3) is 2.88. The number of rotatable bonds is 3. The van der Waals surface area contributed by atoms with Crippen LogP contribution in [0.2, 0.25) is 0 Å². The van der Waals surface area contributed by atoms with Gasteiger partial charge >= 0.3 is 5.97 Å². The zero-order valence-corrected chi connectivity index (χ0v) is 8.99. The number of carbonyl (C=O) groups is 1. The summed E-state index contributed by atoms with van der Waals surface area (Å²) in [5, 5.41) is 9.50. The number of halogens is 1. The summed E-state index contributed by atoms with van der Waals surface area (Å²) in [5.41, 5.74) is 7.02. The van der Waals surface area contributed by atoms with Crippen LogP contribution in [0, 0.1) is 0 Å². The first-order valence-corrected chi connectivity index (χ1v) is 5.12. The third-order valence-corrected chi connectivity index (χ3v) is 2.00. The average Bonchev–Trinajstić information content (AvgIpc) is 2.14. The van der Waals surface area contributed by atoms with Crippen LogP contribution in [-0.4, -0.2) is 16.4 Å². The highest BCUT2D eigenvalue weighted by atomic mass is 79.9. The van der Waals surface area contributed by atoms with Crippen LogP contribution >= 0.6 is 15.9 Å². The normalized spacial score (nSPS) is 10.6. The zero-order valence-electron chi connectivity index (χ0n) is 7.40. The van der Waals surface area contributed by atoms with Gasteiger partial charge in [0, 0.05) is 11.0 Å². The van der Waals surface area contributed by atoms with Crippen LogP contribution in [0.1, 0.15) is 15.9 Å². The van der Waals surface area contributed by atoms with Gasteiger partial charge in [-0.05, 0) is 23.8 Å². The summed E-state index contributed by atoms with van der Waals surface area (Å²) < 4.78 is 0. The van der Waals surface area contributed by atoms with Gasteiger partial charge in [0.25, 0.3) is 0 Å². The number of nitrogen functional groups attached to an aromatic ring is 1. The highest BCUT2D eigenvalue weighted by Gasteiger charge is 2.03. The molecule has 3 nitrogen and oxygen atoms in total. The van der Waals surface area contributed by atoms with E-state index in [1.165, 1.54) is 6.07 Å². The van der Waals surface area contributed by atoms with Crippen molar-refractivity contribution in [2.24, 2.45) is 0 Å². The van der Waals surface area contributed by atoms with E-state index >= 15 is 0 Å². The number of carboxylic acid groups (broad SMARTS) is 1. The number of hydrogen-bond donors (Lipinski definition) is 2. The van der Waals surface area contributed by atoms with Crippen molar-refractivity contribution in [2.75, 3.05) is 11.1 Å². The SMILES string of the molecule is Nc1cc(C=CCBr)cc(C(=O)O)c1. The van der Waals surface area contributed by atoms with Crippen molar-refractivity contribution in [3.05, 3.63) is 35.4 Å². The summed E-state index contributed by atoms with van der Waals surface area (Å²) in [6.45, 7) is 0. The highest BCUT2D eigenvalue weighted by molar-refractivity contribution is 9.09. The van der Waals surface area contributed by atoms with Gasteiger partial charge in [-0.2, -0.15) is 0 Å². The van der Waals surface area contributed by atoms with E-state index in [-0.39, 0.29) is 5.56 Å². The molecule has 14 heavy (non-hydrogen) atoms. The maximum atomic E-state index is 10.7. The molecule has 0 saturated heterocycles. The number of benzene rings is 1. The van der Waals surface area contributed by atoms with E-state index < -0.39 is 5.97 Å². The first-order valence-electron chi connectivity index (χ1n) is 4.00. The molecule has 0 radical (unpaired) electrons. The van der Waals surface area contributed by atoms with Crippen LogP contribution in [0.4, 0.5) is 5.69 Å². The molecule has 3 N–H and O–H groups in total. The van der Waals surface area contributed by atoms with Gasteiger partial charge in [-0.1, -0.05) is 28.1 Å². The van der Waals surface area contributed by atoms with Crippen LogP contribution in [0.25, 0.3) is 6.08 Å². The second-order valence-corrected chi connectivity index (χ2v) is 3.40. The third-order valence-electron chi connectivity index (χ3n) is 1.62. The van der Waals surface area contributed by atoms with Crippen molar-refractivity contribution in [2.45, 2.75) is 0 Å². The van der Waals surface area contributed by atoms with E-state index in [2.05, 4.69) is 15.9 Å². The zero-order chi connectivity index (χ0) is 10.6. The number of carboxylic acids is 1. The van der Waals surface area contributed by atoms with Crippen molar-refractivity contribution in [1.29, 1.82) is 0 Å². The smallest absolute Gasteiger partial charge is 0.335 e. The molecule has 0 aliphatic carbocycles. The summed E-state index contributed by atoms with van der Waals surface area (Å²) in [4.78, 5) is 10.7. The number of anilines is 1. The van der Waals surface area contributed by atoms with E-state index in [1.807, 2.05) is 12.2 Å². The van der Waals surface area contributed by atoms with Crippen LogP contribution in [0.5, 0.6) is 0 Å². The molecule has 0 aliphatic rings. The van der Waals surface area contributed by atoms with Crippen LogP contribution < -0.4 is 5.73 Å². The van der Waals surface area contributed by atoms with Gasteiger partial charge in [-0.3, -0.25) is 0 Å². The lowest BCUT2D eigenvalue weighted by atomic mass is 10.1. The van der Waals surface area contributed by atoms with Gasteiger partial charge in [0.15, 0.2) is 0 Å². The van der Waals surface area contributed by atoms with E-state index in [1.54, 1.807) is 12.1 Å². The lowest BCUT2D eigenvalue weighted by molar-refractivity contribution is 0.0697. The Labute approximate surface area is 90.4 Å². The summed E-state index contributed by atoms with van der Waals surface area (Å²) in [5.74, 6) is -0.967. The fourth-order valence-electron chi connectivity index (χ4n) is 1.08. The monoisotopic (exact) mass is 255 g/mol. The predicted octanol–water partition coefficient (Wildman–Crippen LogP) is 2.38. The molecule has 0 amide bonds. The number of alkyl halides is 1. The minimum atomic E-state index is -0.967. The Morgan fingerprint density at radius 1 is 1.50 bits per heavy atom. The van der Waals surface area contributed by atoms with Crippen molar-refractivity contribution in [3.63, 3.8) is 0 Å². The summed E-state index contributed by atoms with van der Waals surface area (Å²) in [7, 11) is 0. The van der Waals surface area contributed by atoms with Gasteiger partial charge in [-0.25, -0.2) is 4.79 Å². The molecule has 0 heterocycles. The second kappa shape index (κ2) is 4.81. The Balaban J connectivity index is 3.07. The van der Waals surface area contributed by atoms with E-state index in [0.29, 0.717) is 5.69 Å². The molecule has 74 valence electrons. The molecule has 1 aromatic carbocycles. The molecular formula is C10H10BrNO2. The molecule has 0 aliphatic heterocycles. The molecule has 0 spiro atoms. The van der Waals surface area contributed by atoms with E-state index in [4.69, 9.17) is 10.8 Å². The number of aromatic carboxylic acids is 1.